The van der Waals surface area contributed by atoms with Gasteiger partial charge in [-0.1, -0.05) is 0 Å². The molecule has 1 aliphatic heterocycles. The first kappa shape index (κ1) is 26.8. The summed E-state index contributed by atoms with van der Waals surface area (Å²) in [6.45, 7) is 7.53. The molecular weight excluding hydrogens is 500 g/mol. The molecule has 3 heterocycles. The second-order valence-corrected chi connectivity index (χ2v) is 11.1. The molecule has 3 aromatic rings. The van der Waals surface area contributed by atoms with Gasteiger partial charge in [-0.3, -0.25) is 9.29 Å². The van der Waals surface area contributed by atoms with Gasteiger partial charge >= 0.3 is 0 Å². The molecule has 0 saturated heterocycles. The minimum Gasteiger partial charge on any atom is -0.497 e. The number of benzene rings is 1. The Bertz CT molecular complexity index is 1330. The van der Waals surface area contributed by atoms with Crippen LogP contribution in [0, 0.1) is 6.92 Å². The van der Waals surface area contributed by atoms with Crippen molar-refractivity contribution in [2.45, 2.75) is 51.2 Å². The summed E-state index contributed by atoms with van der Waals surface area (Å²) in [6.07, 6.45) is 2.09. The maximum Gasteiger partial charge on any atom is 0.240 e. The van der Waals surface area contributed by atoms with Crippen LogP contribution in [0.25, 0.3) is 11.4 Å². The lowest BCUT2D eigenvalue weighted by Gasteiger charge is -2.26. The first-order valence-corrected chi connectivity index (χ1v) is 13.4. The van der Waals surface area contributed by atoms with Gasteiger partial charge in [0.25, 0.3) is 0 Å². The molecule has 0 bridgehead atoms. The van der Waals surface area contributed by atoms with E-state index in [1.807, 2.05) is 20.8 Å². The molecule has 0 amide bonds. The SMILES string of the molecule is COC[C@H]1COc2ccc(OC)cc2-c2nnc(NS(=O)(=O)C(C)C(OC(C)C)c3ncc(C)cn3)n21. The Morgan fingerprint density at radius 3 is 2.54 bits per heavy atom. The van der Waals surface area contributed by atoms with Crippen LogP contribution in [-0.2, 0) is 19.5 Å². The molecule has 2 unspecified atom stereocenters. The third-order valence-corrected chi connectivity index (χ3v) is 7.60. The number of fused-ring (bicyclic) bond motifs is 3. The molecule has 1 N–H and O–H groups in total. The number of hydrogen-bond donors (Lipinski definition) is 1. The normalized spacial score (nSPS) is 16.8. The number of aryl methyl sites for hydroxylation is 1. The van der Waals surface area contributed by atoms with Crippen LogP contribution >= 0.6 is 0 Å². The number of sulfonamides is 1. The van der Waals surface area contributed by atoms with Crippen LogP contribution in [0.4, 0.5) is 5.95 Å². The fraction of sp³-hybridized carbons (Fsp3) is 0.500. The summed E-state index contributed by atoms with van der Waals surface area (Å²) in [5, 5.41) is 7.45. The van der Waals surface area contributed by atoms with Crippen LogP contribution < -0.4 is 14.2 Å². The van der Waals surface area contributed by atoms with Gasteiger partial charge in [-0.15, -0.1) is 10.2 Å². The molecule has 0 saturated carbocycles. The molecule has 12 nitrogen and oxygen atoms in total. The lowest BCUT2D eigenvalue weighted by molar-refractivity contribution is 0.00152. The number of nitrogens with zero attached hydrogens (tertiary/aromatic N) is 5. The molecule has 200 valence electrons. The summed E-state index contributed by atoms with van der Waals surface area (Å²) in [5.74, 6) is 1.93. The Balaban J connectivity index is 1.72. The first-order valence-electron chi connectivity index (χ1n) is 11.8. The lowest BCUT2D eigenvalue weighted by atomic mass is 10.1. The average molecular weight is 533 g/mol. The maximum atomic E-state index is 13.6. The molecule has 1 aromatic carbocycles. The summed E-state index contributed by atoms with van der Waals surface area (Å²) in [5.41, 5.74) is 1.48. The molecule has 13 heteroatoms. The van der Waals surface area contributed by atoms with E-state index in [0.717, 1.165) is 5.56 Å². The van der Waals surface area contributed by atoms with E-state index < -0.39 is 27.4 Å². The van der Waals surface area contributed by atoms with E-state index in [0.29, 0.717) is 22.9 Å². The second-order valence-electron chi connectivity index (χ2n) is 9.08. The maximum absolute atomic E-state index is 13.6. The standard InChI is InChI=1S/C24H32N6O6S/c1-14(2)36-21(22-25-10-15(3)11-26-22)16(4)37(31,32)29-24-28-27-23-19-9-18(34-6)7-8-20(19)35-13-17(12-33-5)30(23)24/h7-11,14,16-17,21H,12-13H2,1-6H3,(H,28,29)/t16?,17-,21?/m0/s1. The van der Waals surface area contributed by atoms with Crippen LogP contribution in [0.1, 0.15) is 44.3 Å². The summed E-state index contributed by atoms with van der Waals surface area (Å²) in [7, 11) is -0.921. The molecule has 37 heavy (non-hydrogen) atoms. The second kappa shape index (κ2) is 11.0. The van der Waals surface area contributed by atoms with E-state index in [9.17, 15) is 8.42 Å². The Morgan fingerprint density at radius 2 is 1.89 bits per heavy atom. The van der Waals surface area contributed by atoms with Crippen LogP contribution in [-0.4, -0.2) is 71.9 Å². The van der Waals surface area contributed by atoms with Gasteiger partial charge in [0, 0.05) is 19.5 Å². The fourth-order valence-corrected chi connectivity index (χ4v) is 5.10. The number of methoxy groups -OCH3 is 2. The molecule has 2 aromatic heterocycles. The van der Waals surface area contributed by atoms with E-state index in [4.69, 9.17) is 18.9 Å². The first-order chi connectivity index (χ1) is 17.6. The summed E-state index contributed by atoms with van der Waals surface area (Å²) in [4.78, 5) is 8.63. The van der Waals surface area contributed by atoms with E-state index in [-0.39, 0.29) is 31.1 Å². The van der Waals surface area contributed by atoms with E-state index in [1.54, 1.807) is 56.3 Å². The number of anilines is 1. The van der Waals surface area contributed by atoms with Crippen molar-refractivity contribution in [3.8, 4) is 22.9 Å². The highest BCUT2D eigenvalue weighted by Gasteiger charge is 2.37. The van der Waals surface area contributed by atoms with Crippen molar-refractivity contribution in [3.63, 3.8) is 0 Å². The number of hydrogen-bond acceptors (Lipinski definition) is 10. The van der Waals surface area contributed by atoms with E-state index in [2.05, 4.69) is 24.9 Å². The van der Waals surface area contributed by atoms with Crippen LogP contribution in [0.15, 0.2) is 30.6 Å². The number of nitrogens with one attached hydrogen (secondary N) is 1. The average Bonchev–Trinajstić information content (AvgIpc) is 3.20. The summed E-state index contributed by atoms with van der Waals surface area (Å²) in [6, 6.07) is 4.94. The molecule has 4 rings (SSSR count). The zero-order valence-corrected chi connectivity index (χ0v) is 22.5. The third kappa shape index (κ3) is 5.68. The minimum atomic E-state index is -4.04. The van der Waals surface area contributed by atoms with Crippen LogP contribution in [0.3, 0.4) is 0 Å². The van der Waals surface area contributed by atoms with Crippen molar-refractivity contribution in [2.24, 2.45) is 0 Å². The summed E-state index contributed by atoms with van der Waals surface area (Å²) < 4.78 is 54.3. The van der Waals surface area contributed by atoms with Crippen molar-refractivity contribution < 1.29 is 27.4 Å². The van der Waals surface area contributed by atoms with Gasteiger partial charge < -0.3 is 18.9 Å². The monoisotopic (exact) mass is 532 g/mol. The van der Waals surface area contributed by atoms with Gasteiger partial charge in [0.15, 0.2) is 11.6 Å². The molecule has 0 spiro atoms. The topological polar surface area (TPSA) is 140 Å². The van der Waals surface area contributed by atoms with E-state index >= 15 is 0 Å². The summed E-state index contributed by atoms with van der Waals surface area (Å²) >= 11 is 0. The number of ether oxygens (including phenoxy) is 4. The minimum absolute atomic E-state index is 0.0382. The van der Waals surface area contributed by atoms with Crippen LogP contribution in [0.5, 0.6) is 11.5 Å². The molecule has 1 aliphatic rings. The van der Waals surface area contributed by atoms with Gasteiger partial charge in [0.1, 0.15) is 29.5 Å². The highest BCUT2D eigenvalue weighted by molar-refractivity contribution is 7.93. The van der Waals surface area contributed by atoms with Crippen LogP contribution in [0.2, 0.25) is 0 Å². The Morgan fingerprint density at radius 1 is 1.16 bits per heavy atom. The number of aromatic nitrogens is 5. The molecule has 0 fully saturated rings. The van der Waals surface area contributed by atoms with Gasteiger partial charge in [0.05, 0.1) is 31.4 Å². The van der Waals surface area contributed by atoms with Gasteiger partial charge in [-0.2, -0.15) is 0 Å². The van der Waals surface area contributed by atoms with Crippen molar-refractivity contribution >= 4 is 16.0 Å². The smallest absolute Gasteiger partial charge is 0.240 e. The van der Waals surface area contributed by atoms with E-state index in [1.165, 1.54) is 0 Å². The van der Waals surface area contributed by atoms with Crippen molar-refractivity contribution in [3.05, 3.63) is 42.0 Å². The van der Waals surface area contributed by atoms with Gasteiger partial charge in [0.2, 0.25) is 16.0 Å². The zero-order valence-electron chi connectivity index (χ0n) is 21.7. The highest BCUT2D eigenvalue weighted by Crippen LogP contribution is 2.38. The predicted molar refractivity (Wildman–Crippen MR) is 136 cm³/mol. The Hall–Kier alpha value is -3.29. The van der Waals surface area contributed by atoms with Crippen molar-refractivity contribution in [1.29, 1.82) is 0 Å². The quantitative estimate of drug-likeness (QED) is 0.414. The van der Waals surface area contributed by atoms with Crippen molar-refractivity contribution in [1.82, 2.24) is 24.7 Å². The largest absolute Gasteiger partial charge is 0.497 e. The fourth-order valence-electron chi connectivity index (χ4n) is 4.01. The van der Waals surface area contributed by atoms with Gasteiger partial charge in [-0.25, -0.2) is 18.4 Å². The molecule has 3 atom stereocenters. The zero-order chi connectivity index (χ0) is 26.7. The molecular formula is C24H32N6O6S. The Kier molecular flexibility index (Phi) is 7.95. The highest BCUT2D eigenvalue weighted by atomic mass is 32.2. The Labute approximate surface area is 216 Å². The lowest BCUT2D eigenvalue weighted by Crippen LogP contribution is -2.35. The van der Waals surface area contributed by atoms with Crippen molar-refractivity contribution in [2.75, 3.05) is 32.2 Å². The molecule has 0 radical (unpaired) electrons. The number of rotatable bonds is 10. The predicted octanol–water partition coefficient (Wildman–Crippen LogP) is 2.93. The van der Waals surface area contributed by atoms with Gasteiger partial charge in [-0.05, 0) is 51.5 Å². The third-order valence-electron chi connectivity index (χ3n) is 5.90. The molecule has 0 aliphatic carbocycles.